The number of hydrogen-bond donors (Lipinski definition) is 0. The molecule has 0 bridgehead atoms. The summed E-state index contributed by atoms with van der Waals surface area (Å²) in [5, 5.41) is 5.45. The smallest absolute Gasteiger partial charge is 0.154 e. The normalized spacial score (nSPS) is 14.3. The number of benzene rings is 2. The molecular weight excluding hydrogens is 398 g/mol. The number of fused-ring (bicyclic) bond motifs is 1. The third-order valence-electron chi connectivity index (χ3n) is 5.51. The maximum atomic E-state index is 6.02. The first-order valence-electron chi connectivity index (χ1n) is 9.95. The minimum atomic E-state index is 0.721. The number of ether oxygens (including phenoxy) is 1. The summed E-state index contributed by atoms with van der Waals surface area (Å²) in [4.78, 5) is 9.40. The van der Waals surface area contributed by atoms with Gasteiger partial charge in [0.15, 0.2) is 5.82 Å². The topological polar surface area (TPSA) is 45.9 Å². The van der Waals surface area contributed by atoms with Crippen molar-refractivity contribution in [1.29, 1.82) is 0 Å². The van der Waals surface area contributed by atoms with Crippen LogP contribution in [0.2, 0.25) is 5.02 Å². The number of methoxy groups -OCH3 is 1. The number of nitrogens with zero attached hydrogens (tertiary/aromatic N) is 5. The molecule has 0 aliphatic carbocycles. The second-order valence-electron chi connectivity index (χ2n) is 7.29. The summed E-state index contributed by atoms with van der Waals surface area (Å²) in [6.07, 6.45) is 3.71. The van der Waals surface area contributed by atoms with Crippen LogP contribution in [0.25, 0.3) is 16.8 Å². The van der Waals surface area contributed by atoms with Crippen LogP contribution < -0.4 is 14.5 Å². The van der Waals surface area contributed by atoms with Crippen molar-refractivity contribution in [3.63, 3.8) is 0 Å². The summed E-state index contributed by atoms with van der Waals surface area (Å²) in [5.74, 6) is 1.85. The Kier molecular flexibility index (Phi) is 4.93. The van der Waals surface area contributed by atoms with E-state index in [1.165, 1.54) is 5.69 Å². The molecule has 0 radical (unpaired) electrons. The van der Waals surface area contributed by atoms with Crippen LogP contribution in [0.1, 0.15) is 0 Å². The Morgan fingerprint density at radius 2 is 1.70 bits per heavy atom. The number of halogens is 1. The molecule has 2 aromatic carbocycles. The van der Waals surface area contributed by atoms with Crippen LogP contribution in [0.15, 0.2) is 67.0 Å². The van der Waals surface area contributed by atoms with E-state index in [0.717, 1.165) is 59.5 Å². The van der Waals surface area contributed by atoms with E-state index in [4.69, 9.17) is 21.4 Å². The largest absolute Gasteiger partial charge is 0.497 e. The van der Waals surface area contributed by atoms with Gasteiger partial charge in [-0.05, 0) is 30.3 Å². The molecule has 30 heavy (non-hydrogen) atoms. The van der Waals surface area contributed by atoms with E-state index in [9.17, 15) is 0 Å². The zero-order chi connectivity index (χ0) is 20.5. The highest BCUT2D eigenvalue weighted by atomic mass is 35.5. The summed E-state index contributed by atoms with van der Waals surface area (Å²) >= 11 is 6.02. The first-order valence-corrected chi connectivity index (χ1v) is 10.3. The third-order valence-corrected chi connectivity index (χ3v) is 5.76. The van der Waals surface area contributed by atoms with E-state index < -0.39 is 0 Å². The molecule has 6 nitrogen and oxygen atoms in total. The molecule has 4 aromatic rings. The van der Waals surface area contributed by atoms with Crippen molar-refractivity contribution in [2.24, 2.45) is 0 Å². The summed E-state index contributed by atoms with van der Waals surface area (Å²) in [5.41, 5.74) is 4.15. The van der Waals surface area contributed by atoms with E-state index >= 15 is 0 Å². The van der Waals surface area contributed by atoms with Gasteiger partial charge in [-0.15, -0.1) is 0 Å². The average Bonchev–Trinajstić information content (AvgIpc) is 3.24. The van der Waals surface area contributed by atoms with Crippen molar-refractivity contribution in [2.45, 2.75) is 0 Å². The van der Waals surface area contributed by atoms with Crippen LogP contribution in [0.5, 0.6) is 5.75 Å². The highest BCUT2D eigenvalue weighted by Crippen LogP contribution is 2.28. The van der Waals surface area contributed by atoms with Gasteiger partial charge < -0.3 is 14.5 Å². The second-order valence-corrected chi connectivity index (χ2v) is 7.73. The highest BCUT2D eigenvalue weighted by molar-refractivity contribution is 6.30. The van der Waals surface area contributed by atoms with Gasteiger partial charge in [0.1, 0.15) is 11.3 Å². The van der Waals surface area contributed by atoms with E-state index in [1.54, 1.807) is 7.11 Å². The molecule has 7 heteroatoms. The molecule has 2 aromatic heterocycles. The molecule has 0 spiro atoms. The summed E-state index contributed by atoms with van der Waals surface area (Å²) in [7, 11) is 1.70. The van der Waals surface area contributed by atoms with Gasteiger partial charge in [-0.3, -0.25) is 0 Å². The van der Waals surface area contributed by atoms with Crippen LogP contribution in [0.3, 0.4) is 0 Å². The van der Waals surface area contributed by atoms with Crippen LogP contribution >= 0.6 is 11.6 Å². The Morgan fingerprint density at radius 1 is 0.933 bits per heavy atom. The predicted octanol–water partition coefficient (Wildman–Crippen LogP) is 4.38. The molecule has 0 atom stereocenters. The van der Waals surface area contributed by atoms with Crippen LogP contribution in [-0.4, -0.2) is 47.9 Å². The standard InChI is InChI=1S/C23H22ClN5O/c1-30-20-4-2-3-19(15-20)27-11-13-28(14-12-27)23-22-16-21(26-29(22)10-9-25-23)17-5-7-18(24)8-6-17/h2-10,15-16H,11-14H2,1H3. The molecule has 1 fully saturated rings. The number of aromatic nitrogens is 3. The Labute approximate surface area is 180 Å². The minimum absolute atomic E-state index is 0.721. The number of piperazine rings is 1. The molecule has 3 heterocycles. The van der Waals surface area contributed by atoms with Gasteiger partial charge in [0, 0.05) is 60.9 Å². The molecule has 152 valence electrons. The summed E-state index contributed by atoms with van der Waals surface area (Å²) in [6.45, 7) is 3.64. The van der Waals surface area contributed by atoms with Gasteiger partial charge in [-0.1, -0.05) is 29.8 Å². The molecule has 0 unspecified atom stereocenters. The zero-order valence-electron chi connectivity index (χ0n) is 16.7. The van der Waals surface area contributed by atoms with Crippen LogP contribution in [0.4, 0.5) is 11.5 Å². The Bertz CT molecular complexity index is 1170. The minimum Gasteiger partial charge on any atom is -0.497 e. The molecule has 1 aliphatic heterocycles. The molecule has 1 aliphatic rings. The molecule has 0 amide bonds. The number of hydrogen-bond acceptors (Lipinski definition) is 5. The van der Waals surface area contributed by atoms with Gasteiger partial charge in [0.2, 0.25) is 0 Å². The van der Waals surface area contributed by atoms with E-state index in [-0.39, 0.29) is 0 Å². The fourth-order valence-corrected chi connectivity index (χ4v) is 4.02. The van der Waals surface area contributed by atoms with Gasteiger partial charge >= 0.3 is 0 Å². The lowest BCUT2D eigenvalue weighted by atomic mass is 10.1. The highest BCUT2D eigenvalue weighted by Gasteiger charge is 2.21. The van der Waals surface area contributed by atoms with Gasteiger partial charge in [0.05, 0.1) is 12.8 Å². The fourth-order valence-electron chi connectivity index (χ4n) is 3.90. The lowest BCUT2D eigenvalue weighted by molar-refractivity contribution is 0.414. The van der Waals surface area contributed by atoms with Crippen molar-refractivity contribution in [3.8, 4) is 17.0 Å². The second kappa shape index (κ2) is 7.88. The summed E-state index contributed by atoms with van der Waals surface area (Å²) < 4.78 is 7.27. The first-order chi connectivity index (χ1) is 14.7. The van der Waals surface area contributed by atoms with Gasteiger partial charge in [-0.25, -0.2) is 9.50 Å². The lowest BCUT2D eigenvalue weighted by Crippen LogP contribution is -2.47. The van der Waals surface area contributed by atoms with Crippen LogP contribution in [-0.2, 0) is 0 Å². The Morgan fingerprint density at radius 3 is 2.47 bits per heavy atom. The Hall–Kier alpha value is -3.25. The predicted molar refractivity (Wildman–Crippen MR) is 121 cm³/mol. The lowest BCUT2D eigenvalue weighted by Gasteiger charge is -2.36. The summed E-state index contributed by atoms with van der Waals surface area (Å²) in [6, 6.07) is 18.1. The van der Waals surface area contributed by atoms with Gasteiger partial charge in [-0.2, -0.15) is 5.10 Å². The first kappa shape index (κ1) is 18.8. The van der Waals surface area contributed by atoms with E-state index in [1.807, 2.05) is 53.3 Å². The molecule has 0 N–H and O–H groups in total. The maximum absolute atomic E-state index is 6.02. The quantitative estimate of drug-likeness (QED) is 0.491. The van der Waals surface area contributed by atoms with Crippen LogP contribution in [0, 0.1) is 0 Å². The fraction of sp³-hybridized carbons (Fsp3) is 0.217. The Balaban J connectivity index is 1.38. The zero-order valence-corrected chi connectivity index (χ0v) is 17.5. The molecule has 0 saturated carbocycles. The van der Waals surface area contributed by atoms with E-state index in [0.29, 0.717) is 0 Å². The van der Waals surface area contributed by atoms with Crippen molar-refractivity contribution < 1.29 is 4.74 Å². The van der Waals surface area contributed by atoms with Crippen molar-refractivity contribution >= 4 is 28.6 Å². The monoisotopic (exact) mass is 419 g/mol. The SMILES string of the molecule is COc1cccc(N2CCN(c3nccn4nc(-c5ccc(Cl)cc5)cc34)CC2)c1. The molecule has 5 rings (SSSR count). The van der Waals surface area contributed by atoms with Crippen molar-refractivity contribution in [2.75, 3.05) is 43.1 Å². The van der Waals surface area contributed by atoms with Crippen molar-refractivity contribution in [3.05, 3.63) is 72.0 Å². The molecular formula is C23H22ClN5O. The number of rotatable bonds is 4. The average molecular weight is 420 g/mol. The third kappa shape index (κ3) is 3.55. The van der Waals surface area contributed by atoms with Crippen molar-refractivity contribution in [1.82, 2.24) is 14.6 Å². The van der Waals surface area contributed by atoms with Gasteiger partial charge in [0.25, 0.3) is 0 Å². The van der Waals surface area contributed by atoms with E-state index in [2.05, 4.69) is 33.0 Å². The maximum Gasteiger partial charge on any atom is 0.154 e. The molecule has 1 saturated heterocycles. The number of anilines is 2.